The first kappa shape index (κ1) is 17.9. The van der Waals surface area contributed by atoms with Gasteiger partial charge in [-0.05, 0) is 65.3 Å². The summed E-state index contributed by atoms with van der Waals surface area (Å²) in [7, 11) is 0. The molecule has 152 valence electrons. The molecule has 2 atom stereocenters. The van der Waals surface area contributed by atoms with Gasteiger partial charge in [0.05, 0.1) is 23.0 Å². The summed E-state index contributed by atoms with van der Waals surface area (Å²) in [5.74, 6) is 0.149. The van der Waals surface area contributed by atoms with Crippen molar-refractivity contribution in [1.82, 2.24) is 14.9 Å². The summed E-state index contributed by atoms with van der Waals surface area (Å²) < 4.78 is 0. The number of imidazole rings is 1. The minimum atomic E-state index is -0.0300. The lowest BCUT2D eigenvalue weighted by atomic mass is 9.51. The van der Waals surface area contributed by atoms with Crippen molar-refractivity contribution in [2.75, 3.05) is 6.54 Å². The highest BCUT2D eigenvalue weighted by molar-refractivity contribution is 5.96. The van der Waals surface area contributed by atoms with Crippen LogP contribution in [0.15, 0.2) is 41.7 Å². The maximum absolute atomic E-state index is 13.6. The van der Waals surface area contributed by atoms with E-state index in [1.54, 1.807) is 6.33 Å². The SMILES string of the molecule is CC1(C)[C@H]2Cc3cc4[nH]cnc4cc3[C@]1(C)CCN2C(=O)c1ccc2c(c1)CC=N2. The number of carbonyl (C=O) groups excluding carboxylic acids is 1. The second-order valence-electron chi connectivity index (χ2n) is 9.81. The summed E-state index contributed by atoms with van der Waals surface area (Å²) in [6.07, 6.45) is 6.34. The molecule has 1 aromatic heterocycles. The van der Waals surface area contributed by atoms with Crippen LogP contribution in [0.2, 0.25) is 0 Å². The summed E-state index contributed by atoms with van der Waals surface area (Å²) in [6.45, 7) is 7.84. The van der Waals surface area contributed by atoms with Crippen LogP contribution in [0.4, 0.5) is 5.69 Å². The van der Waals surface area contributed by atoms with Crippen LogP contribution in [-0.4, -0.2) is 39.6 Å². The van der Waals surface area contributed by atoms with E-state index in [0.29, 0.717) is 0 Å². The first-order valence-corrected chi connectivity index (χ1v) is 10.8. The zero-order valence-corrected chi connectivity index (χ0v) is 17.7. The van der Waals surface area contributed by atoms with E-state index in [1.807, 2.05) is 24.4 Å². The van der Waals surface area contributed by atoms with Gasteiger partial charge in [0.1, 0.15) is 0 Å². The van der Waals surface area contributed by atoms with Gasteiger partial charge in [0.25, 0.3) is 5.91 Å². The van der Waals surface area contributed by atoms with Crippen LogP contribution in [0.25, 0.3) is 11.0 Å². The molecule has 0 radical (unpaired) electrons. The molecule has 2 aromatic carbocycles. The average molecular weight is 399 g/mol. The Hall–Kier alpha value is -2.95. The monoisotopic (exact) mass is 398 g/mol. The molecule has 3 aromatic rings. The summed E-state index contributed by atoms with van der Waals surface area (Å²) in [5, 5.41) is 0. The molecule has 2 bridgehead atoms. The largest absolute Gasteiger partial charge is 0.345 e. The van der Waals surface area contributed by atoms with E-state index in [2.05, 4.69) is 52.8 Å². The lowest BCUT2D eigenvalue weighted by Gasteiger charge is -2.60. The van der Waals surface area contributed by atoms with Crippen molar-refractivity contribution < 1.29 is 4.79 Å². The molecule has 1 saturated heterocycles. The van der Waals surface area contributed by atoms with Gasteiger partial charge in [-0.3, -0.25) is 9.79 Å². The Bertz CT molecular complexity index is 1240. The highest BCUT2D eigenvalue weighted by atomic mass is 16.2. The molecular weight excluding hydrogens is 372 g/mol. The summed E-state index contributed by atoms with van der Waals surface area (Å²) in [5.41, 5.74) is 7.77. The minimum absolute atomic E-state index is 0.0148. The molecule has 3 aliphatic rings. The summed E-state index contributed by atoms with van der Waals surface area (Å²) in [4.78, 5) is 27.9. The Kier molecular flexibility index (Phi) is 3.46. The number of likely N-dealkylation sites (tertiary alicyclic amines) is 1. The lowest BCUT2D eigenvalue weighted by Crippen LogP contribution is -2.64. The van der Waals surface area contributed by atoms with Gasteiger partial charge in [-0.1, -0.05) is 20.8 Å². The molecule has 0 saturated carbocycles. The molecule has 2 aliphatic heterocycles. The van der Waals surface area contributed by atoms with Crippen LogP contribution in [0.5, 0.6) is 0 Å². The van der Waals surface area contributed by atoms with Crippen molar-refractivity contribution in [2.24, 2.45) is 10.4 Å². The van der Waals surface area contributed by atoms with Gasteiger partial charge < -0.3 is 9.88 Å². The van der Waals surface area contributed by atoms with Gasteiger partial charge in [-0.25, -0.2) is 4.98 Å². The number of hydrogen-bond donors (Lipinski definition) is 1. The van der Waals surface area contributed by atoms with E-state index in [9.17, 15) is 4.79 Å². The summed E-state index contributed by atoms with van der Waals surface area (Å²) >= 11 is 0. The topological polar surface area (TPSA) is 61.4 Å². The standard InChI is InChI=1S/C25H26N4O/c1-24(2)22-12-17-11-20-21(28-14-27-20)13-18(17)25(24,3)7-9-29(22)23(30)16-4-5-19-15(10-16)6-8-26-19/h4-5,8,10-11,13-14,22H,6-7,9,12H2,1-3H3,(H,27,28)/t22-,25+/m1/s1. The quantitative estimate of drug-likeness (QED) is 0.652. The number of rotatable bonds is 1. The van der Waals surface area contributed by atoms with Crippen LogP contribution in [0, 0.1) is 5.41 Å². The van der Waals surface area contributed by atoms with Gasteiger partial charge >= 0.3 is 0 Å². The molecule has 0 unspecified atom stereocenters. The van der Waals surface area contributed by atoms with Gasteiger partial charge in [-0.15, -0.1) is 0 Å². The van der Waals surface area contributed by atoms with Crippen LogP contribution in [0.1, 0.15) is 54.2 Å². The lowest BCUT2D eigenvalue weighted by molar-refractivity contribution is -0.0261. The normalized spacial score (nSPS) is 26.0. The number of aromatic nitrogens is 2. The number of aromatic amines is 1. The zero-order chi connectivity index (χ0) is 20.7. The molecule has 5 heteroatoms. The van der Waals surface area contributed by atoms with Crippen molar-refractivity contribution in [3.05, 3.63) is 58.9 Å². The number of aliphatic imine (C=N–C) groups is 1. The molecule has 0 spiro atoms. The predicted molar refractivity (Wildman–Crippen MR) is 119 cm³/mol. The van der Waals surface area contributed by atoms with E-state index in [1.165, 1.54) is 11.1 Å². The van der Waals surface area contributed by atoms with Gasteiger partial charge in [0.2, 0.25) is 0 Å². The van der Waals surface area contributed by atoms with Crippen molar-refractivity contribution in [3.8, 4) is 0 Å². The van der Waals surface area contributed by atoms with Gasteiger partial charge in [0.15, 0.2) is 0 Å². The fraction of sp³-hybridized carbons (Fsp3) is 0.400. The van der Waals surface area contributed by atoms with Gasteiger partial charge in [0, 0.05) is 36.2 Å². The van der Waals surface area contributed by atoms with Crippen LogP contribution in [0.3, 0.4) is 0 Å². The Morgan fingerprint density at radius 1 is 1.17 bits per heavy atom. The van der Waals surface area contributed by atoms with E-state index in [4.69, 9.17) is 0 Å². The number of carbonyl (C=O) groups is 1. The molecule has 1 amide bonds. The molecule has 1 fully saturated rings. The second kappa shape index (κ2) is 5.81. The van der Waals surface area contributed by atoms with Crippen LogP contribution >= 0.6 is 0 Å². The Balaban J connectivity index is 1.42. The zero-order valence-electron chi connectivity index (χ0n) is 17.7. The Morgan fingerprint density at radius 2 is 2.03 bits per heavy atom. The predicted octanol–water partition coefficient (Wildman–Crippen LogP) is 4.58. The number of fused-ring (bicyclic) bond motifs is 6. The molecule has 1 N–H and O–H groups in total. The number of piperidine rings is 1. The third-order valence-electron chi connectivity index (χ3n) is 8.27. The number of benzene rings is 2. The molecule has 5 nitrogen and oxygen atoms in total. The minimum Gasteiger partial charge on any atom is -0.345 e. The van der Waals surface area contributed by atoms with Crippen molar-refractivity contribution in [2.45, 2.75) is 51.5 Å². The number of nitrogens with zero attached hydrogens (tertiary/aromatic N) is 3. The third kappa shape index (κ3) is 2.21. The number of hydrogen-bond acceptors (Lipinski definition) is 3. The fourth-order valence-electron chi connectivity index (χ4n) is 6.00. The molecule has 1 aliphatic carbocycles. The maximum atomic E-state index is 13.6. The Morgan fingerprint density at radius 3 is 2.90 bits per heavy atom. The highest BCUT2D eigenvalue weighted by Crippen LogP contribution is 2.56. The van der Waals surface area contributed by atoms with E-state index in [0.717, 1.165) is 53.7 Å². The Labute approximate surface area is 176 Å². The number of H-pyrrole nitrogens is 1. The summed E-state index contributed by atoms with van der Waals surface area (Å²) in [6, 6.07) is 10.7. The smallest absolute Gasteiger partial charge is 0.254 e. The van der Waals surface area contributed by atoms with E-state index >= 15 is 0 Å². The fourth-order valence-corrected chi connectivity index (χ4v) is 6.00. The van der Waals surface area contributed by atoms with Gasteiger partial charge in [-0.2, -0.15) is 0 Å². The molecule has 30 heavy (non-hydrogen) atoms. The van der Waals surface area contributed by atoms with Crippen molar-refractivity contribution >= 4 is 28.8 Å². The van der Waals surface area contributed by atoms with E-state index < -0.39 is 0 Å². The third-order valence-corrected chi connectivity index (χ3v) is 8.27. The second-order valence-corrected chi connectivity index (χ2v) is 9.81. The number of amides is 1. The molecule has 3 heterocycles. The molecule has 6 rings (SSSR count). The first-order valence-electron chi connectivity index (χ1n) is 10.8. The van der Waals surface area contributed by atoms with Crippen LogP contribution < -0.4 is 0 Å². The first-order chi connectivity index (χ1) is 14.4. The maximum Gasteiger partial charge on any atom is 0.254 e. The van der Waals surface area contributed by atoms with E-state index in [-0.39, 0.29) is 22.8 Å². The average Bonchev–Trinajstić information content (AvgIpc) is 3.37. The van der Waals surface area contributed by atoms with Crippen molar-refractivity contribution in [3.63, 3.8) is 0 Å². The molecular formula is C25H26N4O. The highest BCUT2D eigenvalue weighted by Gasteiger charge is 2.57. The number of nitrogens with one attached hydrogen (secondary N) is 1. The van der Waals surface area contributed by atoms with Crippen LogP contribution in [-0.2, 0) is 18.3 Å². The van der Waals surface area contributed by atoms with Crippen molar-refractivity contribution in [1.29, 1.82) is 0 Å².